The summed E-state index contributed by atoms with van der Waals surface area (Å²) in [5.41, 5.74) is 0. The zero-order chi connectivity index (χ0) is 13.3. The summed E-state index contributed by atoms with van der Waals surface area (Å²) < 4.78 is 34.3. The summed E-state index contributed by atoms with van der Waals surface area (Å²) in [6.45, 7) is 3.64. The van der Waals surface area contributed by atoms with Crippen molar-refractivity contribution in [1.82, 2.24) is 0 Å². The third kappa shape index (κ3) is 3.14. The topological polar surface area (TPSA) is 78.6 Å². The standard InChI is InChI=1S/C12H17NO4S/c1-8(2)16-12-10(17-9-6-7-9)4-3-5-11(12)18(13,14)15/h3-5,8-9H,6-7H2,1-2H3,(H2,13,14,15). The van der Waals surface area contributed by atoms with Crippen LogP contribution in [0.5, 0.6) is 11.5 Å². The van der Waals surface area contributed by atoms with Gasteiger partial charge in [-0.15, -0.1) is 0 Å². The second-order valence-electron chi connectivity index (χ2n) is 4.61. The van der Waals surface area contributed by atoms with E-state index < -0.39 is 10.0 Å². The van der Waals surface area contributed by atoms with Gasteiger partial charge in [-0.3, -0.25) is 0 Å². The number of nitrogens with two attached hydrogens (primary N) is 1. The lowest BCUT2D eigenvalue weighted by atomic mass is 10.3. The molecule has 0 aromatic heterocycles. The van der Waals surface area contributed by atoms with Crippen molar-refractivity contribution in [3.05, 3.63) is 18.2 Å². The maximum absolute atomic E-state index is 11.5. The molecule has 18 heavy (non-hydrogen) atoms. The Kier molecular flexibility index (Phi) is 3.49. The van der Waals surface area contributed by atoms with Crippen molar-refractivity contribution >= 4 is 10.0 Å². The monoisotopic (exact) mass is 271 g/mol. The highest BCUT2D eigenvalue weighted by Crippen LogP contribution is 2.38. The maximum atomic E-state index is 11.5. The third-order valence-corrected chi connectivity index (χ3v) is 3.36. The second-order valence-corrected chi connectivity index (χ2v) is 6.14. The van der Waals surface area contributed by atoms with Crippen molar-refractivity contribution < 1.29 is 17.9 Å². The van der Waals surface area contributed by atoms with E-state index in [9.17, 15) is 8.42 Å². The fourth-order valence-electron chi connectivity index (χ4n) is 1.53. The minimum Gasteiger partial charge on any atom is -0.486 e. The third-order valence-electron chi connectivity index (χ3n) is 2.42. The summed E-state index contributed by atoms with van der Waals surface area (Å²) in [5, 5.41) is 5.19. The van der Waals surface area contributed by atoms with Crippen LogP contribution in [0.3, 0.4) is 0 Å². The normalized spacial score (nSPS) is 15.8. The van der Waals surface area contributed by atoms with Gasteiger partial charge in [0.1, 0.15) is 4.90 Å². The highest BCUT2D eigenvalue weighted by atomic mass is 32.2. The summed E-state index contributed by atoms with van der Waals surface area (Å²) >= 11 is 0. The fourth-order valence-corrected chi connectivity index (χ4v) is 2.21. The van der Waals surface area contributed by atoms with Gasteiger partial charge >= 0.3 is 0 Å². The summed E-state index contributed by atoms with van der Waals surface area (Å²) in [6.07, 6.45) is 1.98. The predicted octanol–water partition coefficient (Wildman–Crippen LogP) is 1.66. The molecule has 0 saturated heterocycles. The Hall–Kier alpha value is -1.27. The first kappa shape index (κ1) is 13.2. The molecule has 6 heteroatoms. The van der Waals surface area contributed by atoms with Crippen molar-refractivity contribution in [2.75, 3.05) is 0 Å². The average molecular weight is 271 g/mol. The Labute approximate surface area is 107 Å². The quantitative estimate of drug-likeness (QED) is 0.883. The average Bonchev–Trinajstić information content (AvgIpc) is 3.02. The Morgan fingerprint density at radius 1 is 1.33 bits per heavy atom. The molecular formula is C12H17NO4S. The summed E-state index contributed by atoms with van der Waals surface area (Å²) in [5.74, 6) is 0.652. The highest BCUT2D eigenvalue weighted by molar-refractivity contribution is 7.89. The maximum Gasteiger partial charge on any atom is 0.241 e. The van der Waals surface area contributed by atoms with E-state index in [1.165, 1.54) is 6.07 Å². The lowest BCUT2D eigenvalue weighted by Gasteiger charge is -2.17. The van der Waals surface area contributed by atoms with Crippen molar-refractivity contribution in [2.24, 2.45) is 5.14 Å². The molecule has 1 saturated carbocycles. The van der Waals surface area contributed by atoms with Crippen LogP contribution in [0.1, 0.15) is 26.7 Å². The van der Waals surface area contributed by atoms with Gasteiger partial charge in [0.2, 0.25) is 10.0 Å². The Morgan fingerprint density at radius 3 is 2.50 bits per heavy atom. The van der Waals surface area contributed by atoms with Crippen molar-refractivity contribution in [3.63, 3.8) is 0 Å². The largest absolute Gasteiger partial charge is 0.486 e. The number of hydrogen-bond acceptors (Lipinski definition) is 4. The molecule has 5 nitrogen and oxygen atoms in total. The van der Waals surface area contributed by atoms with Gasteiger partial charge in [0, 0.05) is 0 Å². The van der Waals surface area contributed by atoms with Gasteiger partial charge in [0.15, 0.2) is 11.5 Å². The molecule has 2 N–H and O–H groups in total. The van der Waals surface area contributed by atoms with Gasteiger partial charge in [-0.25, -0.2) is 13.6 Å². The number of rotatable bonds is 5. The van der Waals surface area contributed by atoms with Gasteiger partial charge < -0.3 is 9.47 Å². The van der Waals surface area contributed by atoms with E-state index in [1.54, 1.807) is 12.1 Å². The molecule has 0 radical (unpaired) electrons. The first-order valence-electron chi connectivity index (χ1n) is 5.87. The van der Waals surface area contributed by atoms with E-state index in [0.717, 1.165) is 12.8 Å². The summed E-state index contributed by atoms with van der Waals surface area (Å²) in [6, 6.07) is 4.72. The van der Waals surface area contributed by atoms with Crippen LogP contribution in [-0.4, -0.2) is 20.6 Å². The van der Waals surface area contributed by atoms with Gasteiger partial charge in [0.25, 0.3) is 0 Å². The van der Waals surface area contributed by atoms with Crippen LogP contribution in [0.25, 0.3) is 0 Å². The number of hydrogen-bond donors (Lipinski definition) is 1. The lowest BCUT2D eigenvalue weighted by Crippen LogP contribution is -2.17. The van der Waals surface area contributed by atoms with E-state index in [-0.39, 0.29) is 22.9 Å². The number of sulfonamides is 1. The number of primary sulfonamides is 1. The summed E-state index contributed by atoms with van der Waals surface area (Å²) in [7, 11) is -3.82. The van der Waals surface area contributed by atoms with E-state index in [1.807, 2.05) is 13.8 Å². The minimum absolute atomic E-state index is 0.0330. The first-order valence-corrected chi connectivity index (χ1v) is 7.41. The molecule has 0 spiro atoms. The van der Waals surface area contributed by atoms with E-state index in [4.69, 9.17) is 14.6 Å². The van der Waals surface area contributed by atoms with Crippen molar-refractivity contribution in [2.45, 2.75) is 43.8 Å². The van der Waals surface area contributed by atoms with E-state index in [0.29, 0.717) is 5.75 Å². The lowest BCUT2D eigenvalue weighted by molar-refractivity contribution is 0.211. The van der Waals surface area contributed by atoms with Gasteiger partial charge in [-0.2, -0.15) is 0 Å². The highest BCUT2D eigenvalue weighted by Gasteiger charge is 2.27. The molecule has 1 aromatic rings. The van der Waals surface area contributed by atoms with Crippen molar-refractivity contribution in [1.29, 1.82) is 0 Å². The number of benzene rings is 1. The molecule has 2 rings (SSSR count). The molecule has 0 aliphatic heterocycles. The van der Waals surface area contributed by atoms with Crippen LogP contribution in [0.4, 0.5) is 0 Å². The molecular weight excluding hydrogens is 254 g/mol. The first-order chi connectivity index (χ1) is 8.38. The smallest absolute Gasteiger partial charge is 0.241 e. The van der Waals surface area contributed by atoms with Gasteiger partial charge in [-0.1, -0.05) is 6.07 Å². The molecule has 1 aromatic carbocycles. The molecule has 1 aliphatic rings. The molecule has 1 aliphatic carbocycles. The van der Waals surface area contributed by atoms with Crippen molar-refractivity contribution in [3.8, 4) is 11.5 Å². The van der Waals surface area contributed by atoms with Crippen LogP contribution in [0.15, 0.2) is 23.1 Å². The molecule has 0 atom stereocenters. The van der Waals surface area contributed by atoms with Crippen LogP contribution >= 0.6 is 0 Å². The SMILES string of the molecule is CC(C)Oc1c(OC2CC2)cccc1S(N)(=O)=O. The zero-order valence-corrected chi connectivity index (χ0v) is 11.2. The fraction of sp³-hybridized carbons (Fsp3) is 0.500. The summed E-state index contributed by atoms with van der Waals surface area (Å²) in [4.78, 5) is -0.0330. The van der Waals surface area contributed by atoms with Crippen LogP contribution < -0.4 is 14.6 Å². The number of para-hydroxylation sites is 1. The second kappa shape index (κ2) is 4.78. The van der Waals surface area contributed by atoms with Crippen LogP contribution in [-0.2, 0) is 10.0 Å². The Balaban J connectivity index is 2.44. The minimum atomic E-state index is -3.82. The van der Waals surface area contributed by atoms with E-state index >= 15 is 0 Å². The molecule has 1 fully saturated rings. The molecule has 0 heterocycles. The van der Waals surface area contributed by atoms with E-state index in [2.05, 4.69) is 0 Å². The molecule has 0 amide bonds. The molecule has 0 unspecified atom stereocenters. The molecule has 100 valence electrons. The van der Waals surface area contributed by atoms with Crippen LogP contribution in [0.2, 0.25) is 0 Å². The Bertz CT molecular complexity index is 535. The van der Waals surface area contributed by atoms with Gasteiger partial charge in [-0.05, 0) is 38.8 Å². The molecule has 0 bridgehead atoms. The number of ether oxygens (including phenoxy) is 2. The Morgan fingerprint density at radius 2 is 2.00 bits per heavy atom. The van der Waals surface area contributed by atoms with Gasteiger partial charge in [0.05, 0.1) is 12.2 Å². The zero-order valence-electron chi connectivity index (χ0n) is 10.4. The van der Waals surface area contributed by atoms with Crippen LogP contribution in [0, 0.1) is 0 Å². The predicted molar refractivity (Wildman–Crippen MR) is 67.2 cm³/mol.